The highest BCUT2D eigenvalue weighted by molar-refractivity contribution is 9.09. The fourth-order valence-corrected chi connectivity index (χ4v) is 3.85. The van der Waals surface area contributed by atoms with Gasteiger partial charge in [-0.3, -0.25) is 0 Å². The number of benzene rings is 1. The fourth-order valence-electron chi connectivity index (χ4n) is 3.23. The third-order valence-electron chi connectivity index (χ3n) is 4.26. The summed E-state index contributed by atoms with van der Waals surface area (Å²) in [5, 5.41) is 1.10. The van der Waals surface area contributed by atoms with Crippen LogP contribution in [-0.2, 0) is 11.3 Å². The molecular weight excluding hydrogens is 276 g/mol. The molecule has 0 bridgehead atoms. The van der Waals surface area contributed by atoms with Crippen LogP contribution in [0.2, 0.25) is 0 Å². The number of halogens is 1. The third kappa shape index (κ3) is 2.58. The van der Waals surface area contributed by atoms with E-state index in [1.807, 2.05) is 6.07 Å². The number of hydrogen-bond donors (Lipinski definition) is 0. The van der Waals surface area contributed by atoms with Gasteiger partial charge in [0.05, 0.1) is 13.2 Å². The first-order chi connectivity index (χ1) is 8.31. The molecule has 1 nitrogen and oxygen atoms in total. The summed E-state index contributed by atoms with van der Waals surface area (Å²) in [5.74, 6) is 2.04. The molecule has 1 aromatic rings. The lowest BCUT2D eigenvalue weighted by Gasteiger charge is -2.28. The van der Waals surface area contributed by atoms with Crippen molar-refractivity contribution in [3.05, 3.63) is 35.9 Å². The molecule has 2 atom stereocenters. The van der Waals surface area contributed by atoms with Gasteiger partial charge in [0, 0.05) is 10.7 Å². The van der Waals surface area contributed by atoms with Crippen LogP contribution >= 0.6 is 15.9 Å². The Labute approximate surface area is 112 Å². The van der Waals surface area contributed by atoms with E-state index >= 15 is 0 Å². The average molecular weight is 295 g/mol. The van der Waals surface area contributed by atoms with Crippen molar-refractivity contribution in [2.45, 2.75) is 25.9 Å². The van der Waals surface area contributed by atoms with Crippen LogP contribution < -0.4 is 0 Å². The Hall–Kier alpha value is -0.340. The highest BCUT2D eigenvalue weighted by atomic mass is 79.9. The lowest BCUT2D eigenvalue weighted by molar-refractivity contribution is 0.0425. The summed E-state index contributed by atoms with van der Waals surface area (Å²) < 4.78 is 5.94. The molecule has 1 aromatic carbocycles. The average Bonchev–Trinajstić information content (AvgIpc) is 2.99. The Morgan fingerprint density at radius 1 is 1.18 bits per heavy atom. The molecule has 2 fully saturated rings. The van der Waals surface area contributed by atoms with Crippen LogP contribution in [0.5, 0.6) is 0 Å². The van der Waals surface area contributed by atoms with Crippen LogP contribution in [0, 0.1) is 17.3 Å². The summed E-state index contributed by atoms with van der Waals surface area (Å²) >= 11 is 3.69. The summed E-state index contributed by atoms with van der Waals surface area (Å²) in [6.07, 6.45) is 4.23. The second-order valence-corrected chi connectivity index (χ2v) is 6.34. The number of ether oxygens (including phenoxy) is 1. The van der Waals surface area contributed by atoms with Gasteiger partial charge in [-0.05, 0) is 36.7 Å². The second kappa shape index (κ2) is 4.74. The predicted molar refractivity (Wildman–Crippen MR) is 73.2 cm³/mol. The van der Waals surface area contributed by atoms with E-state index in [0.717, 1.165) is 30.4 Å². The number of fused-ring (bicyclic) bond motifs is 1. The molecule has 2 aliphatic carbocycles. The van der Waals surface area contributed by atoms with Gasteiger partial charge in [0.25, 0.3) is 0 Å². The maximum atomic E-state index is 5.94. The zero-order chi connectivity index (χ0) is 11.7. The molecule has 92 valence electrons. The summed E-state index contributed by atoms with van der Waals surface area (Å²) in [6, 6.07) is 10.5. The van der Waals surface area contributed by atoms with E-state index in [1.165, 1.54) is 24.8 Å². The molecule has 0 spiro atoms. The van der Waals surface area contributed by atoms with E-state index in [4.69, 9.17) is 4.74 Å². The first kappa shape index (κ1) is 11.7. The standard InChI is InChI=1S/C15H19BrO/c16-10-15(7-13-6-14(13)8-15)11-17-9-12-4-2-1-3-5-12/h1-5,13-14H,6-11H2. The molecule has 0 saturated heterocycles. The van der Waals surface area contributed by atoms with Crippen LogP contribution in [0.25, 0.3) is 0 Å². The fraction of sp³-hybridized carbons (Fsp3) is 0.600. The first-order valence-corrected chi connectivity index (χ1v) is 7.61. The van der Waals surface area contributed by atoms with Gasteiger partial charge in [-0.25, -0.2) is 0 Å². The second-order valence-electron chi connectivity index (χ2n) is 5.78. The smallest absolute Gasteiger partial charge is 0.0717 e. The Balaban J connectivity index is 1.50. The van der Waals surface area contributed by atoms with E-state index in [1.54, 1.807) is 0 Å². The minimum Gasteiger partial charge on any atom is -0.376 e. The van der Waals surface area contributed by atoms with E-state index in [0.29, 0.717) is 5.41 Å². The van der Waals surface area contributed by atoms with E-state index in [-0.39, 0.29) is 0 Å². The van der Waals surface area contributed by atoms with Crippen molar-refractivity contribution in [3.8, 4) is 0 Å². The van der Waals surface area contributed by atoms with Crippen molar-refractivity contribution < 1.29 is 4.74 Å². The number of rotatable bonds is 5. The van der Waals surface area contributed by atoms with Gasteiger partial charge in [-0.1, -0.05) is 46.3 Å². The van der Waals surface area contributed by atoms with Crippen LogP contribution in [-0.4, -0.2) is 11.9 Å². The molecule has 2 heteroatoms. The lowest BCUT2D eigenvalue weighted by Crippen LogP contribution is -2.27. The Kier molecular flexibility index (Phi) is 3.27. The van der Waals surface area contributed by atoms with Gasteiger partial charge in [0.2, 0.25) is 0 Å². The topological polar surface area (TPSA) is 9.23 Å². The Morgan fingerprint density at radius 2 is 1.88 bits per heavy atom. The zero-order valence-corrected chi connectivity index (χ0v) is 11.7. The minimum absolute atomic E-state index is 0.433. The normalized spacial score (nSPS) is 34.6. The zero-order valence-electron chi connectivity index (χ0n) is 10.1. The molecule has 2 saturated carbocycles. The highest BCUT2D eigenvalue weighted by Crippen LogP contribution is 2.60. The van der Waals surface area contributed by atoms with Crippen molar-refractivity contribution in [1.82, 2.24) is 0 Å². The predicted octanol–water partition coefficient (Wildman–Crippen LogP) is 4.01. The van der Waals surface area contributed by atoms with Crippen LogP contribution in [0.1, 0.15) is 24.8 Å². The molecule has 17 heavy (non-hydrogen) atoms. The molecule has 2 unspecified atom stereocenters. The summed E-state index contributed by atoms with van der Waals surface area (Å²) in [4.78, 5) is 0. The van der Waals surface area contributed by atoms with Crippen molar-refractivity contribution in [2.24, 2.45) is 17.3 Å². The first-order valence-electron chi connectivity index (χ1n) is 6.49. The third-order valence-corrected chi connectivity index (χ3v) is 5.45. The Morgan fingerprint density at radius 3 is 2.53 bits per heavy atom. The minimum atomic E-state index is 0.433. The summed E-state index contributed by atoms with van der Waals surface area (Å²) in [6.45, 7) is 1.67. The van der Waals surface area contributed by atoms with Gasteiger partial charge >= 0.3 is 0 Å². The van der Waals surface area contributed by atoms with Crippen molar-refractivity contribution >= 4 is 15.9 Å². The SMILES string of the molecule is BrCC1(COCc2ccccc2)CC2CC2C1. The van der Waals surface area contributed by atoms with Crippen molar-refractivity contribution in [1.29, 1.82) is 0 Å². The maximum absolute atomic E-state index is 5.94. The molecule has 2 aliphatic rings. The maximum Gasteiger partial charge on any atom is 0.0717 e. The molecule has 0 radical (unpaired) electrons. The molecule has 0 N–H and O–H groups in total. The van der Waals surface area contributed by atoms with Gasteiger partial charge in [-0.2, -0.15) is 0 Å². The summed E-state index contributed by atoms with van der Waals surface area (Å²) in [7, 11) is 0. The van der Waals surface area contributed by atoms with Gasteiger partial charge in [0.1, 0.15) is 0 Å². The highest BCUT2D eigenvalue weighted by Gasteiger charge is 2.53. The monoisotopic (exact) mass is 294 g/mol. The van der Waals surface area contributed by atoms with E-state index in [9.17, 15) is 0 Å². The number of alkyl halides is 1. The van der Waals surface area contributed by atoms with E-state index < -0.39 is 0 Å². The van der Waals surface area contributed by atoms with E-state index in [2.05, 4.69) is 40.2 Å². The Bertz CT molecular complexity index is 366. The van der Waals surface area contributed by atoms with Crippen LogP contribution in [0.3, 0.4) is 0 Å². The van der Waals surface area contributed by atoms with Gasteiger partial charge in [0.15, 0.2) is 0 Å². The molecule has 0 amide bonds. The largest absolute Gasteiger partial charge is 0.376 e. The number of hydrogen-bond acceptors (Lipinski definition) is 1. The van der Waals surface area contributed by atoms with Gasteiger partial charge in [-0.15, -0.1) is 0 Å². The van der Waals surface area contributed by atoms with Crippen molar-refractivity contribution in [2.75, 3.05) is 11.9 Å². The van der Waals surface area contributed by atoms with Gasteiger partial charge < -0.3 is 4.74 Å². The van der Waals surface area contributed by atoms with Crippen LogP contribution in [0.4, 0.5) is 0 Å². The van der Waals surface area contributed by atoms with Crippen molar-refractivity contribution in [3.63, 3.8) is 0 Å². The molecular formula is C15H19BrO. The molecule has 0 aliphatic heterocycles. The quantitative estimate of drug-likeness (QED) is 0.746. The molecule has 3 rings (SSSR count). The van der Waals surface area contributed by atoms with Crippen LogP contribution in [0.15, 0.2) is 30.3 Å². The lowest BCUT2D eigenvalue weighted by atomic mass is 9.86. The summed E-state index contributed by atoms with van der Waals surface area (Å²) in [5.41, 5.74) is 1.71. The molecule has 0 aromatic heterocycles. The molecule has 0 heterocycles.